The van der Waals surface area contributed by atoms with Crippen LogP contribution in [0.1, 0.15) is 52.4 Å². The Morgan fingerprint density at radius 1 is 1.35 bits per heavy atom. The molecule has 0 aliphatic rings. The standard InChI is InChI=1S/C15H23BrN2O2/c1-3-5-8-15(20,9-6-4-2)14(19)18-12-7-10-17-13(16)11-12/h7,10-11,20H,3-6,8-9H2,1-2H3,(H,17,18,19). The van der Waals surface area contributed by atoms with Gasteiger partial charge in [0, 0.05) is 11.9 Å². The number of pyridine rings is 1. The van der Waals surface area contributed by atoms with Gasteiger partial charge in [-0.05, 0) is 40.9 Å². The first kappa shape index (κ1) is 17.1. The van der Waals surface area contributed by atoms with Crippen molar-refractivity contribution in [2.24, 2.45) is 0 Å². The molecule has 0 aliphatic heterocycles. The summed E-state index contributed by atoms with van der Waals surface area (Å²) in [5.74, 6) is -0.322. The van der Waals surface area contributed by atoms with Crippen LogP contribution in [-0.4, -0.2) is 21.6 Å². The molecule has 1 rings (SSSR count). The maximum Gasteiger partial charge on any atom is 0.256 e. The second-order valence-electron chi connectivity index (χ2n) is 5.06. The van der Waals surface area contributed by atoms with Crippen LogP contribution in [0.25, 0.3) is 0 Å². The Kier molecular flexibility index (Phi) is 7.16. The van der Waals surface area contributed by atoms with E-state index in [-0.39, 0.29) is 5.91 Å². The van der Waals surface area contributed by atoms with Crippen LogP contribution in [0.2, 0.25) is 0 Å². The van der Waals surface area contributed by atoms with Crippen molar-refractivity contribution in [1.29, 1.82) is 0 Å². The lowest BCUT2D eigenvalue weighted by atomic mass is 9.90. The fourth-order valence-corrected chi connectivity index (χ4v) is 2.38. The zero-order valence-corrected chi connectivity index (χ0v) is 13.7. The summed E-state index contributed by atoms with van der Waals surface area (Å²) in [7, 11) is 0. The minimum absolute atomic E-state index is 0.322. The van der Waals surface area contributed by atoms with Crippen molar-refractivity contribution < 1.29 is 9.90 Å². The molecule has 1 amide bonds. The zero-order chi connectivity index (χ0) is 15.0. The molecule has 0 unspecified atom stereocenters. The highest BCUT2D eigenvalue weighted by atomic mass is 79.9. The maximum absolute atomic E-state index is 12.4. The molecular weight excluding hydrogens is 320 g/mol. The van der Waals surface area contributed by atoms with E-state index in [0.29, 0.717) is 23.1 Å². The molecule has 1 aromatic rings. The van der Waals surface area contributed by atoms with E-state index in [2.05, 4.69) is 40.1 Å². The summed E-state index contributed by atoms with van der Waals surface area (Å²) in [4.78, 5) is 16.4. The first-order valence-corrected chi connectivity index (χ1v) is 7.96. The first-order valence-electron chi connectivity index (χ1n) is 7.17. The fraction of sp³-hybridized carbons (Fsp3) is 0.600. The topological polar surface area (TPSA) is 62.2 Å². The third kappa shape index (κ3) is 5.21. The van der Waals surface area contributed by atoms with Gasteiger partial charge in [0.05, 0.1) is 0 Å². The molecule has 0 aromatic carbocycles. The van der Waals surface area contributed by atoms with Crippen LogP contribution in [0.15, 0.2) is 22.9 Å². The van der Waals surface area contributed by atoms with Crippen LogP contribution in [0, 0.1) is 0 Å². The minimum Gasteiger partial charge on any atom is -0.380 e. The lowest BCUT2D eigenvalue weighted by Gasteiger charge is -2.27. The van der Waals surface area contributed by atoms with Gasteiger partial charge in [0.2, 0.25) is 0 Å². The number of nitrogens with one attached hydrogen (secondary N) is 1. The van der Waals surface area contributed by atoms with Gasteiger partial charge in [-0.2, -0.15) is 0 Å². The SMILES string of the molecule is CCCCC(O)(CCCC)C(=O)Nc1ccnc(Br)c1. The smallest absolute Gasteiger partial charge is 0.256 e. The number of unbranched alkanes of at least 4 members (excludes halogenated alkanes) is 2. The Bertz CT molecular complexity index is 430. The molecule has 5 heteroatoms. The highest BCUT2D eigenvalue weighted by Gasteiger charge is 2.34. The van der Waals surface area contributed by atoms with E-state index in [1.165, 1.54) is 0 Å². The third-order valence-electron chi connectivity index (χ3n) is 3.29. The maximum atomic E-state index is 12.4. The number of rotatable bonds is 8. The van der Waals surface area contributed by atoms with E-state index in [9.17, 15) is 9.90 Å². The van der Waals surface area contributed by atoms with Gasteiger partial charge in [0.25, 0.3) is 5.91 Å². The Morgan fingerprint density at radius 3 is 2.45 bits per heavy atom. The molecule has 0 saturated carbocycles. The fourth-order valence-electron chi connectivity index (χ4n) is 2.02. The highest BCUT2D eigenvalue weighted by molar-refractivity contribution is 9.10. The van der Waals surface area contributed by atoms with Gasteiger partial charge in [-0.25, -0.2) is 4.98 Å². The quantitative estimate of drug-likeness (QED) is 0.704. The average Bonchev–Trinajstić information content (AvgIpc) is 2.43. The minimum atomic E-state index is -1.28. The van der Waals surface area contributed by atoms with E-state index in [0.717, 1.165) is 25.7 Å². The number of anilines is 1. The van der Waals surface area contributed by atoms with Gasteiger partial charge in [-0.15, -0.1) is 0 Å². The lowest BCUT2D eigenvalue weighted by molar-refractivity contribution is -0.135. The molecule has 0 spiro atoms. The molecule has 2 N–H and O–H groups in total. The summed E-state index contributed by atoms with van der Waals surface area (Å²) in [5, 5.41) is 13.4. The summed E-state index contributed by atoms with van der Waals surface area (Å²) in [6.07, 6.45) is 6.21. The molecule has 112 valence electrons. The van der Waals surface area contributed by atoms with Crippen molar-refractivity contribution in [1.82, 2.24) is 4.98 Å². The highest BCUT2D eigenvalue weighted by Crippen LogP contribution is 2.24. The molecule has 0 fully saturated rings. The number of carbonyl (C=O) groups is 1. The Hall–Kier alpha value is -0.940. The first-order chi connectivity index (χ1) is 9.51. The van der Waals surface area contributed by atoms with Crippen LogP contribution in [0.4, 0.5) is 5.69 Å². The van der Waals surface area contributed by atoms with Crippen LogP contribution in [0.3, 0.4) is 0 Å². The Morgan fingerprint density at radius 2 is 1.95 bits per heavy atom. The van der Waals surface area contributed by atoms with Crippen molar-refractivity contribution in [3.63, 3.8) is 0 Å². The summed E-state index contributed by atoms with van der Waals surface area (Å²) < 4.78 is 0.654. The van der Waals surface area contributed by atoms with Crippen LogP contribution in [-0.2, 0) is 4.79 Å². The van der Waals surface area contributed by atoms with Gasteiger partial charge >= 0.3 is 0 Å². The average molecular weight is 343 g/mol. The number of amides is 1. The van der Waals surface area contributed by atoms with Crippen molar-refractivity contribution in [3.05, 3.63) is 22.9 Å². The molecule has 1 aromatic heterocycles. The predicted molar refractivity (Wildman–Crippen MR) is 84.6 cm³/mol. The molecule has 0 bridgehead atoms. The van der Waals surface area contributed by atoms with E-state index >= 15 is 0 Å². The zero-order valence-electron chi connectivity index (χ0n) is 12.2. The summed E-state index contributed by atoms with van der Waals surface area (Å²) >= 11 is 3.26. The van der Waals surface area contributed by atoms with Crippen molar-refractivity contribution in [2.75, 3.05) is 5.32 Å². The largest absolute Gasteiger partial charge is 0.380 e. The number of carbonyl (C=O) groups excluding carboxylic acids is 1. The van der Waals surface area contributed by atoms with Crippen molar-refractivity contribution in [2.45, 2.75) is 58.0 Å². The molecular formula is C15H23BrN2O2. The van der Waals surface area contributed by atoms with Gasteiger partial charge in [0.1, 0.15) is 10.2 Å². The lowest BCUT2D eigenvalue weighted by Crippen LogP contribution is -2.43. The second kappa shape index (κ2) is 8.37. The molecule has 0 atom stereocenters. The van der Waals surface area contributed by atoms with Crippen LogP contribution < -0.4 is 5.32 Å². The van der Waals surface area contributed by atoms with E-state index < -0.39 is 5.60 Å². The predicted octanol–water partition coefficient (Wildman–Crippen LogP) is 3.89. The molecule has 4 nitrogen and oxygen atoms in total. The summed E-state index contributed by atoms with van der Waals surface area (Å²) in [6.45, 7) is 4.11. The van der Waals surface area contributed by atoms with Gasteiger partial charge in [0.15, 0.2) is 0 Å². The van der Waals surface area contributed by atoms with Crippen LogP contribution >= 0.6 is 15.9 Å². The number of aromatic nitrogens is 1. The monoisotopic (exact) mass is 342 g/mol. The Labute approximate surface area is 129 Å². The normalized spacial score (nSPS) is 11.4. The second-order valence-corrected chi connectivity index (χ2v) is 5.87. The summed E-state index contributed by atoms with van der Waals surface area (Å²) in [6, 6.07) is 3.43. The molecule has 1 heterocycles. The molecule has 0 radical (unpaired) electrons. The van der Waals surface area contributed by atoms with Crippen LogP contribution in [0.5, 0.6) is 0 Å². The number of halogens is 1. The van der Waals surface area contributed by atoms with E-state index in [1.54, 1.807) is 18.3 Å². The molecule has 0 saturated heterocycles. The molecule has 0 aliphatic carbocycles. The number of aliphatic hydroxyl groups is 1. The number of hydrogen-bond acceptors (Lipinski definition) is 3. The number of nitrogens with zero attached hydrogens (tertiary/aromatic N) is 1. The van der Waals surface area contributed by atoms with Crippen molar-refractivity contribution in [3.8, 4) is 0 Å². The molecule has 20 heavy (non-hydrogen) atoms. The van der Waals surface area contributed by atoms with Gasteiger partial charge in [-0.1, -0.05) is 39.5 Å². The van der Waals surface area contributed by atoms with Gasteiger partial charge < -0.3 is 10.4 Å². The summed E-state index contributed by atoms with van der Waals surface area (Å²) in [5.41, 5.74) is -0.634. The van der Waals surface area contributed by atoms with E-state index in [4.69, 9.17) is 0 Å². The number of hydrogen-bond donors (Lipinski definition) is 2. The van der Waals surface area contributed by atoms with E-state index in [1.807, 2.05) is 0 Å². The third-order valence-corrected chi connectivity index (χ3v) is 3.73. The van der Waals surface area contributed by atoms with Gasteiger partial charge in [-0.3, -0.25) is 4.79 Å². The van der Waals surface area contributed by atoms with Crippen molar-refractivity contribution >= 4 is 27.5 Å². The Balaban J connectivity index is 2.76.